The lowest BCUT2D eigenvalue weighted by atomic mass is 10.1. The third-order valence-electron chi connectivity index (χ3n) is 3.60. The van der Waals surface area contributed by atoms with E-state index in [4.69, 9.17) is 0 Å². The van der Waals surface area contributed by atoms with E-state index < -0.39 is 31.1 Å². The number of hydrogen-bond acceptors (Lipinski definition) is 3. The highest BCUT2D eigenvalue weighted by atomic mass is 19.4. The van der Waals surface area contributed by atoms with Crippen molar-refractivity contribution in [3.05, 3.63) is 29.8 Å². The summed E-state index contributed by atoms with van der Waals surface area (Å²) in [4.78, 5) is 27.8. The van der Waals surface area contributed by atoms with E-state index in [-0.39, 0.29) is 5.56 Å². The maximum absolute atomic E-state index is 12.8. The van der Waals surface area contributed by atoms with Crippen LogP contribution in [0.3, 0.4) is 0 Å². The van der Waals surface area contributed by atoms with Gasteiger partial charge in [0.2, 0.25) is 5.91 Å². The summed E-state index contributed by atoms with van der Waals surface area (Å²) in [6.07, 6.45) is -3.63. The minimum Gasteiger partial charge on any atom is -0.375 e. The highest BCUT2D eigenvalue weighted by Gasteiger charge is 2.34. The van der Waals surface area contributed by atoms with Crippen molar-refractivity contribution in [1.29, 1.82) is 0 Å². The molecule has 25 heavy (non-hydrogen) atoms. The summed E-state index contributed by atoms with van der Waals surface area (Å²) in [6.45, 7) is 0.766. The molecule has 1 rings (SSSR count). The lowest BCUT2D eigenvalue weighted by Crippen LogP contribution is -2.44. The molecule has 5 nitrogen and oxygen atoms in total. The van der Waals surface area contributed by atoms with Gasteiger partial charge >= 0.3 is 6.18 Å². The number of likely N-dealkylation sites (N-methyl/N-ethyl adjacent to an activating group) is 1. The van der Waals surface area contributed by atoms with Crippen molar-refractivity contribution in [2.45, 2.75) is 19.5 Å². The van der Waals surface area contributed by atoms with Gasteiger partial charge in [0.25, 0.3) is 5.91 Å². The highest BCUT2D eigenvalue weighted by molar-refractivity contribution is 5.96. The van der Waals surface area contributed by atoms with Gasteiger partial charge in [-0.3, -0.25) is 9.59 Å². The molecule has 8 heteroatoms. The zero-order valence-electron chi connectivity index (χ0n) is 14.9. The molecule has 1 aromatic rings. The van der Waals surface area contributed by atoms with E-state index in [0.29, 0.717) is 4.90 Å². The number of carbonyl (C=O) groups excluding carboxylic acids is 2. The van der Waals surface area contributed by atoms with E-state index in [2.05, 4.69) is 0 Å². The fourth-order valence-corrected chi connectivity index (χ4v) is 2.23. The van der Waals surface area contributed by atoms with Gasteiger partial charge in [0.15, 0.2) is 0 Å². The van der Waals surface area contributed by atoms with Crippen molar-refractivity contribution < 1.29 is 22.8 Å². The second-order valence-electron chi connectivity index (χ2n) is 6.03. The van der Waals surface area contributed by atoms with Gasteiger partial charge in [-0.25, -0.2) is 0 Å². The molecule has 0 aliphatic rings. The Labute approximate surface area is 146 Å². The fraction of sp³-hybridized carbons (Fsp3) is 0.529. The van der Waals surface area contributed by atoms with Crippen molar-refractivity contribution in [3.8, 4) is 0 Å². The van der Waals surface area contributed by atoms with E-state index >= 15 is 0 Å². The van der Waals surface area contributed by atoms with Crippen LogP contribution in [0.5, 0.6) is 0 Å². The van der Waals surface area contributed by atoms with Crippen molar-refractivity contribution in [3.63, 3.8) is 0 Å². The molecular formula is C17H24F3N3O2. The van der Waals surface area contributed by atoms with Gasteiger partial charge in [0.05, 0.1) is 0 Å². The van der Waals surface area contributed by atoms with Crippen LogP contribution < -0.4 is 4.90 Å². The Morgan fingerprint density at radius 1 is 1.04 bits per heavy atom. The zero-order chi connectivity index (χ0) is 19.2. The van der Waals surface area contributed by atoms with Crippen LogP contribution in [0.2, 0.25) is 0 Å². The van der Waals surface area contributed by atoms with Crippen LogP contribution in [-0.2, 0) is 4.79 Å². The summed E-state index contributed by atoms with van der Waals surface area (Å²) in [5.41, 5.74) is 0.981. The van der Waals surface area contributed by atoms with Crippen LogP contribution in [0.25, 0.3) is 0 Å². The van der Waals surface area contributed by atoms with Gasteiger partial charge in [0, 0.05) is 38.9 Å². The third-order valence-corrected chi connectivity index (χ3v) is 3.60. The summed E-state index contributed by atoms with van der Waals surface area (Å²) < 4.78 is 38.3. The topological polar surface area (TPSA) is 43.9 Å². The zero-order valence-corrected chi connectivity index (χ0v) is 14.9. The predicted molar refractivity (Wildman–Crippen MR) is 90.7 cm³/mol. The molecule has 0 unspecified atom stereocenters. The average molecular weight is 359 g/mol. The number of anilines is 1. The van der Waals surface area contributed by atoms with Gasteiger partial charge in [0.1, 0.15) is 13.1 Å². The summed E-state index contributed by atoms with van der Waals surface area (Å²) in [7, 11) is 4.75. The summed E-state index contributed by atoms with van der Waals surface area (Å²) in [6, 6.07) is 6.32. The molecule has 0 bridgehead atoms. The maximum Gasteiger partial charge on any atom is 0.406 e. The molecule has 140 valence electrons. The van der Waals surface area contributed by atoms with Crippen molar-refractivity contribution >= 4 is 17.5 Å². The molecule has 0 heterocycles. The first-order chi connectivity index (χ1) is 11.5. The Bertz CT molecular complexity index is 586. The van der Waals surface area contributed by atoms with Crippen molar-refractivity contribution in [2.75, 3.05) is 45.7 Å². The molecule has 0 aromatic heterocycles. The number of nitrogens with zero attached hydrogens (tertiary/aromatic N) is 3. The minimum atomic E-state index is -4.58. The van der Waals surface area contributed by atoms with Gasteiger partial charge in [-0.05, 0) is 30.7 Å². The Morgan fingerprint density at radius 2 is 1.60 bits per heavy atom. The summed E-state index contributed by atoms with van der Waals surface area (Å²) >= 11 is 0. The fourth-order valence-electron chi connectivity index (χ4n) is 2.23. The Morgan fingerprint density at radius 3 is 2.04 bits per heavy atom. The largest absolute Gasteiger partial charge is 0.406 e. The average Bonchev–Trinajstić information content (AvgIpc) is 2.52. The number of carbonyl (C=O) groups is 2. The van der Waals surface area contributed by atoms with E-state index in [9.17, 15) is 22.8 Å². The monoisotopic (exact) mass is 359 g/mol. The van der Waals surface area contributed by atoms with Gasteiger partial charge < -0.3 is 14.7 Å². The van der Waals surface area contributed by atoms with Crippen molar-refractivity contribution in [2.24, 2.45) is 0 Å². The third kappa shape index (κ3) is 6.64. The smallest absolute Gasteiger partial charge is 0.375 e. The number of halogens is 3. The Hall–Kier alpha value is -2.25. The van der Waals surface area contributed by atoms with Gasteiger partial charge in [-0.15, -0.1) is 0 Å². The number of alkyl halides is 3. The highest BCUT2D eigenvalue weighted by Crippen LogP contribution is 2.20. The SMILES string of the molecule is CCCN(C)c1ccc(C(=O)N(CC(=O)N(C)C)CC(F)(F)F)cc1. The number of benzene rings is 1. The molecule has 0 spiro atoms. The van der Waals surface area contributed by atoms with Crippen LogP contribution in [0.4, 0.5) is 18.9 Å². The molecule has 0 radical (unpaired) electrons. The molecule has 0 aliphatic carbocycles. The van der Waals surface area contributed by atoms with E-state index in [1.807, 2.05) is 18.9 Å². The van der Waals surface area contributed by atoms with Crippen LogP contribution in [0, 0.1) is 0 Å². The van der Waals surface area contributed by atoms with Crippen LogP contribution >= 0.6 is 0 Å². The lowest BCUT2D eigenvalue weighted by molar-refractivity contribution is -0.146. The quantitative estimate of drug-likeness (QED) is 0.752. The molecule has 0 saturated carbocycles. The summed E-state index contributed by atoms with van der Waals surface area (Å²) in [5.74, 6) is -1.39. The molecule has 0 N–H and O–H groups in total. The molecule has 2 amide bonds. The van der Waals surface area contributed by atoms with Gasteiger partial charge in [-0.1, -0.05) is 6.92 Å². The standard InChI is InChI=1S/C17H24F3N3O2/c1-5-10-22(4)14-8-6-13(7-9-14)16(25)23(12-17(18,19)20)11-15(24)21(2)3/h6-9H,5,10-12H2,1-4H3. The second kappa shape index (κ2) is 8.73. The first-order valence-corrected chi connectivity index (χ1v) is 7.92. The molecule has 0 saturated heterocycles. The number of amides is 2. The molecule has 1 aromatic carbocycles. The normalized spacial score (nSPS) is 11.2. The van der Waals surface area contributed by atoms with Gasteiger partial charge in [-0.2, -0.15) is 13.2 Å². The molecule has 0 fully saturated rings. The summed E-state index contributed by atoms with van der Waals surface area (Å²) in [5, 5.41) is 0. The van der Waals surface area contributed by atoms with Crippen LogP contribution in [0.1, 0.15) is 23.7 Å². The van der Waals surface area contributed by atoms with E-state index in [1.54, 1.807) is 12.1 Å². The maximum atomic E-state index is 12.8. The molecule has 0 aliphatic heterocycles. The Kier molecular flexibility index (Phi) is 7.26. The first kappa shape index (κ1) is 20.8. The van der Waals surface area contributed by atoms with Crippen LogP contribution in [0.15, 0.2) is 24.3 Å². The van der Waals surface area contributed by atoms with Crippen molar-refractivity contribution in [1.82, 2.24) is 9.80 Å². The Balaban J connectivity index is 2.97. The van der Waals surface area contributed by atoms with E-state index in [0.717, 1.165) is 23.6 Å². The number of hydrogen-bond donors (Lipinski definition) is 0. The molecular weight excluding hydrogens is 335 g/mol. The lowest BCUT2D eigenvalue weighted by Gasteiger charge is -2.25. The minimum absolute atomic E-state index is 0.115. The number of rotatable bonds is 7. The second-order valence-corrected chi connectivity index (χ2v) is 6.03. The molecule has 0 atom stereocenters. The van der Waals surface area contributed by atoms with Crippen LogP contribution in [-0.4, -0.2) is 68.6 Å². The van der Waals surface area contributed by atoms with E-state index in [1.165, 1.54) is 26.2 Å². The first-order valence-electron chi connectivity index (χ1n) is 7.92. The predicted octanol–water partition coefficient (Wildman–Crippen LogP) is 2.63.